The fourth-order valence-electron chi connectivity index (χ4n) is 1.45. The number of alkyl halides is 15. The van der Waals surface area contributed by atoms with Crippen molar-refractivity contribution in [2.75, 3.05) is 0 Å². The number of rotatable bonds is 9. The number of carbonyl (C=O) groups is 2. The van der Waals surface area contributed by atoms with Gasteiger partial charge in [0.05, 0.1) is 0 Å². The van der Waals surface area contributed by atoms with E-state index in [1.807, 2.05) is 0 Å². The Kier molecular flexibility index (Phi) is 6.22. The molecular weight excluding hydrogens is 469 g/mol. The Morgan fingerprint density at radius 3 is 1.10 bits per heavy atom. The molecule has 0 fully saturated rings. The van der Waals surface area contributed by atoms with E-state index in [9.17, 15) is 75.4 Å². The maximum Gasteiger partial charge on any atom is 0.410 e. The molecule has 172 valence electrons. The van der Waals surface area contributed by atoms with Crippen LogP contribution in [-0.4, -0.2) is 69.8 Å². The number of halogens is 15. The van der Waals surface area contributed by atoms with Gasteiger partial charge in [0.2, 0.25) is 0 Å². The van der Waals surface area contributed by atoms with Gasteiger partial charge in [-0.3, -0.25) is 0 Å². The average molecular weight is 472 g/mol. The van der Waals surface area contributed by atoms with E-state index in [4.69, 9.17) is 10.2 Å². The first-order chi connectivity index (χ1) is 12.3. The van der Waals surface area contributed by atoms with Gasteiger partial charge in [0.25, 0.3) is 6.17 Å². The van der Waals surface area contributed by atoms with Crippen LogP contribution in [0.25, 0.3) is 0 Å². The van der Waals surface area contributed by atoms with Crippen LogP contribution >= 0.6 is 0 Å². The molecule has 0 bridgehead atoms. The van der Waals surface area contributed by atoms with Crippen LogP contribution in [0.4, 0.5) is 65.9 Å². The SMILES string of the molecule is O=C(O)C(F)C(F)(F)C(F)(F)C(F)(F)C(F)(F)C(F)(F)C(F)(F)C(F)(F)C(=O)O. The van der Waals surface area contributed by atoms with Gasteiger partial charge in [0, 0.05) is 0 Å². The number of carboxylic acids is 2. The summed E-state index contributed by atoms with van der Waals surface area (Å²) in [5.41, 5.74) is 0. The molecule has 0 aromatic heterocycles. The highest BCUT2D eigenvalue weighted by atomic mass is 19.4. The van der Waals surface area contributed by atoms with Gasteiger partial charge < -0.3 is 10.2 Å². The molecule has 0 aromatic carbocycles. The molecule has 1 unspecified atom stereocenters. The third kappa shape index (κ3) is 3.21. The van der Waals surface area contributed by atoms with Gasteiger partial charge in [-0.25, -0.2) is 14.0 Å². The van der Waals surface area contributed by atoms with E-state index in [2.05, 4.69) is 0 Å². The average Bonchev–Trinajstić information content (AvgIpc) is 2.52. The van der Waals surface area contributed by atoms with Crippen molar-refractivity contribution in [1.29, 1.82) is 0 Å². The van der Waals surface area contributed by atoms with Crippen molar-refractivity contribution in [2.45, 2.75) is 47.6 Å². The minimum absolute atomic E-state index is 3.72. The molecule has 0 aromatic rings. The molecule has 0 saturated heterocycles. The Bertz CT molecular complexity index is 670. The number of hydrogen-bond acceptors (Lipinski definition) is 2. The molecule has 0 aliphatic rings. The summed E-state index contributed by atoms with van der Waals surface area (Å²) in [6, 6.07) is 0. The Labute approximate surface area is 146 Å². The lowest BCUT2D eigenvalue weighted by Gasteiger charge is -2.42. The third-order valence-electron chi connectivity index (χ3n) is 3.19. The second kappa shape index (κ2) is 6.71. The standard InChI is InChI=1S/C10H3F15O4/c11-1(2(26)27)4(12,13)6(16,17)8(20,21)10(24,25)9(22,23)7(18,19)5(14,15)3(28)29/h1H,(H,26,27)(H,28,29). The smallest absolute Gasteiger partial charge is 0.410 e. The van der Waals surface area contributed by atoms with Gasteiger partial charge in [-0.1, -0.05) is 0 Å². The summed E-state index contributed by atoms with van der Waals surface area (Å²) in [5.74, 6) is -64.8. The van der Waals surface area contributed by atoms with Crippen molar-refractivity contribution in [2.24, 2.45) is 0 Å². The number of aliphatic carboxylic acids is 2. The molecule has 0 amide bonds. The summed E-state index contributed by atoms with van der Waals surface area (Å²) in [4.78, 5) is 19.7. The summed E-state index contributed by atoms with van der Waals surface area (Å²) in [6.07, 6.45) is -5.49. The minimum atomic E-state index is -8.62. The Morgan fingerprint density at radius 2 is 0.828 bits per heavy atom. The molecule has 1 atom stereocenters. The lowest BCUT2D eigenvalue weighted by molar-refractivity contribution is -0.440. The molecule has 0 radical (unpaired) electrons. The molecular formula is C10H3F15O4. The largest absolute Gasteiger partial charge is 0.479 e. The lowest BCUT2D eigenvalue weighted by atomic mass is 9.88. The second-order valence-corrected chi connectivity index (χ2v) is 5.08. The maximum absolute atomic E-state index is 13.2. The summed E-state index contributed by atoms with van der Waals surface area (Å²) in [5, 5.41) is 15.4. The van der Waals surface area contributed by atoms with Gasteiger partial charge in [0.15, 0.2) is 0 Å². The number of carboxylic acid groups (broad SMARTS) is 2. The van der Waals surface area contributed by atoms with Gasteiger partial charge >= 0.3 is 53.4 Å². The zero-order valence-electron chi connectivity index (χ0n) is 12.5. The first-order valence-corrected chi connectivity index (χ1v) is 6.05. The Morgan fingerprint density at radius 1 is 0.552 bits per heavy atom. The molecule has 0 heterocycles. The van der Waals surface area contributed by atoms with E-state index in [-0.39, 0.29) is 0 Å². The van der Waals surface area contributed by atoms with Gasteiger partial charge in [-0.05, 0) is 0 Å². The second-order valence-electron chi connectivity index (χ2n) is 5.08. The van der Waals surface area contributed by atoms with E-state index >= 15 is 0 Å². The van der Waals surface area contributed by atoms with Gasteiger partial charge in [-0.15, -0.1) is 0 Å². The van der Waals surface area contributed by atoms with Crippen molar-refractivity contribution < 1.29 is 85.7 Å². The zero-order chi connectivity index (χ0) is 24.2. The predicted molar refractivity (Wildman–Crippen MR) is 54.8 cm³/mol. The molecule has 4 nitrogen and oxygen atoms in total. The summed E-state index contributed by atoms with van der Waals surface area (Å²) in [7, 11) is 0. The molecule has 2 N–H and O–H groups in total. The van der Waals surface area contributed by atoms with Crippen molar-refractivity contribution in [1.82, 2.24) is 0 Å². The molecule has 0 aliphatic carbocycles. The van der Waals surface area contributed by atoms with Crippen LogP contribution in [0.5, 0.6) is 0 Å². The van der Waals surface area contributed by atoms with Gasteiger partial charge in [-0.2, -0.15) is 61.5 Å². The predicted octanol–water partition coefficient (Wildman–Crippen LogP) is 3.94. The van der Waals surface area contributed by atoms with E-state index in [0.29, 0.717) is 0 Å². The van der Waals surface area contributed by atoms with Crippen LogP contribution in [0.2, 0.25) is 0 Å². The monoisotopic (exact) mass is 472 g/mol. The Hall–Kier alpha value is -2.11. The first kappa shape index (κ1) is 26.9. The van der Waals surface area contributed by atoms with Crippen LogP contribution < -0.4 is 0 Å². The van der Waals surface area contributed by atoms with Crippen LogP contribution in [0.3, 0.4) is 0 Å². The maximum atomic E-state index is 13.2. The molecule has 29 heavy (non-hydrogen) atoms. The fraction of sp³-hybridized carbons (Fsp3) is 0.800. The zero-order valence-corrected chi connectivity index (χ0v) is 12.5. The molecule has 0 spiro atoms. The summed E-state index contributed by atoms with van der Waals surface area (Å²) in [6.45, 7) is 0. The van der Waals surface area contributed by atoms with Gasteiger partial charge in [0.1, 0.15) is 0 Å². The first-order valence-electron chi connectivity index (χ1n) is 6.05. The van der Waals surface area contributed by atoms with Crippen molar-refractivity contribution in [3.05, 3.63) is 0 Å². The van der Waals surface area contributed by atoms with Crippen LogP contribution in [0.15, 0.2) is 0 Å². The molecule has 0 rings (SSSR count). The highest BCUT2D eigenvalue weighted by Gasteiger charge is 2.94. The van der Waals surface area contributed by atoms with Crippen molar-refractivity contribution in [3.63, 3.8) is 0 Å². The van der Waals surface area contributed by atoms with Crippen molar-refractivity contribution in [3.8, 4) is 0 Å². The molecule has 0 aliphatic heterocycles. The van der Waals surface area contributed by atoms with Crippen LogP contribution in [-0.2, 0) is 9.59 Å². The Balaban J connectivity index is 6.75. The van der Waals surface area contributed by atoms with Crippen LogP contribution in [0.1, 0.15) is 0 Å². The molecule has 0 saturated carbocycles. The van der Waals surface area contributed by atoms with Crippen LogP contribution in [0, 0.1) is 0 Å². The number of hydrogen-bond donors (Lipinski definition) is 2. The topological polar surface area (TPSA) is 74.6 Å². The van der Waals surface area contributed by atoms with E-state index in [1.54, 1.807) is 0 Å². The highest BCUT2D eigenvalue weighted by molar-refractivity contribution is 5.77. The highest BCUT2D eigenvalue weighted by Crippen LogP contribution is 2.62. The van der Waals surface area contributed by atoms with E-state index in [0.717, 1.165) is 0 Å². The fourth-order valence-corrected chi connectivity index (χ4v) is 1.45. The van der Waals surface area contributed by atoms with E-state index in [1.165, 1.54) is 0 Å². The van der Waals surface area contributed by atoms with E-state index < -0.39 is 59.6 Å². The summed E-state index contributed by atoms with van der Waals surface area (Å²) < 4.78 is 195. The quantitative estimate of drug-likeness (QED) is 0.499. The lowest BCUT2D eigenvalue weighted by Crippen LogP contribution is -2.74. The third-order valence-corrected chi connectivity index (χ3v) is 3.19. The normalized spacial score (nSPS) is 16.5. The minimum Gasteiger partial charge on any atom is -0.479 e. The molecule has 19 heteroatoms. The van der Waals surface area contributed by atoms with Crippen molar-refractivity contribution >= 4 is 11.9 Å². The summed E-state index contributed by atoms with van der Waals surface area (Å²) >= 11 is 0.